The van der Waals surface area contributed by atoms with Crippen molar-refractivity contribution >= 4 is 12.4 Å². The van der Waals surface area contributed by atoms with Gasteiger partial charge >= 0.3 is 6.18 Å². The van der Waals surface area contributed by atoms with E-state index in [1.54, 1.807) is 0 Å². The van der Waals surface area contributed by atoms with E-state index < -0.39 is 11.7 Å². The van der Waals surface area contributed by atoms with Crippen molar-refractivity contribution in [2.45, 2.75) is 19.0 Å². The molecule has 0 heterocycles. The summed E-state index contributed by atoms with van der Waals surface area (Å²) < 4.78 is 36.5. The second-order valence-corrected chi connectivity index (χ2v) is 3.09. The normalized spacial score (nSPS) is 10.9. The Morgan fingerprint density at radius 3 is 2.00 bits per heavy atom. The van der Waals surface area contributed by atoms with Crippen LogP contribution in [-0.4, -0.2) is 6.54 Å². The molecule has 0 aliphatic carbocycles. The second kappa shape index (κ2) is 5.98. The van der Waals surface area contributed by atoms with Gasteiger partial charge in [-0.05, 0) is 37.1 Å². The van der Waals surface area contributed by atoms with Crippen LogP contribution in [0.25, 0.3) is 0 Å². The number of hydrogen-bond donors (Lipinski definition) is 1. The van der Waals surface area contributed by atoms with Gasteiger partial charge in [-0.3, -0.25) is 0 Å². The van der Waals surface area contributed by atoms with Gasteiger partial charge in [0.15, 0.2) is 0 Å². The first-order valence-electron chi connectivity index (χ1n) is 4.40. The van der Waals surface area contributed by atoms with Gasteiger partial charge in [0.2, 0.25) is 0 Å². The molecule has 1 aromatic rings. The summed E-state index contributed by atoms with van der Waals surface area (Å²) in [5.74, 6) is 0. The lowest BCUT2D eigenvalue weighted by molar-refractivity contribution is -0.137. The number of rotatable bonds is 3. The number of benzene rings is 1. The van der Waals surface area contributed by atoms with Crippen LogP contribution in [-0.2, 0) is 12.6 Å². The van der Waals surface area contributed by atoms with Gasteiger partial charge in [-0.1, -0.05) is 12.1 Å². The highest BCUT2D eigenvalue weighted by molar-refractivity contribution is 5.85. The topological polar surface area (TPSA) is 26.0 Å². The van der Waals surface area contributed by atoms with Crippen LogP contribution in [0, 0.1) is 0 Å². The minimum absolute atomic E-state index is 0. The molecule has 0 unspecified atom stereocenters. The molecule has 1 aromatic carbocycles. The molecular formula is C10H13ClF3N. The van der Waals surface area contributed by atoms with E-state index in [4.69, 9.17) is 5.73 Å². The number of nitrogens with two attached hydrogens (primary N) is 1. The Morgan fingerprint density at radius 2 is 1.60 bits per heavy atom. The molecule has 15 heavy (non-hydrogen) atoms. The highest BCUT2D eigenvalue weighted by Gasteiger charge is 2.29. The first kappa shape index (κ1) is 14.3. The Kier molecular flexibility index (Phi) is 5.68. The fraction of sp³-hybridized carbons (Fsp3) is 0.400. The van der Waals surface area contributed by atoms with Crippen LogP contribution in [0.1, 0.15) is 17.5 Å². The maximum absolute atomic E-state index is 12.2. The second-order valence-electron chi connectivity index (χ2n) is 3.09. The minimum Gasteiger partial charge on any atom is -0.330 e. The summed E-state index contributed by atoms with van der Waals surface area (Å²) in [5, 5.41) is 0. The Balaban J connectivity index is 0.00000196. The Labute approximate surface area is 92.9 Å². The summed E-state index contributed by atoms with van der Waals surface area (Å²) in [6.45, 7) is 0.557. The van der Waals surface area contributed by atoms with Crippen LogP contribution in [0.5, 0.6) is 0 Å². The standard InChI is InChI=1S/C10H12F3N.ClH/c11-10(12,13)9-5-3-8(4-6-9)2-1-7-14;/h3-6H,1-2,7,14H2;1H. The van der Waals surface area contributed by atoms with Crippen LogP contribution in [0.2, 0.25) is 0 Å². The first-order valence-corrected chi connectivity index (χ1v) is 4.40. The highest BCUT2D eigenvalue weighted by atomic mass is 35.5. The summed E-state index contributed by atoms with van der Waals surface area (Å²) in [4.78, 5) is 0. The third-order valence-corrected chi connectivity index (χ3v) is 1.95. The van der Waals surface area contributed by atoms with Crippen molar-refractivity contribution in [1.82, 2.24) is 0 Å². The molecule has 0 fully saturated rings. The number of hydrogen-bond acceptors (Lipinski definition) is 1. The molecular weight excluding hydrogens is 227 g/mol. The number of aryl methyl sites for hydroxylation is 1. The molecule has 0 spiro atoms. The van der Waals surface area contributed by atoms with E-state index in [-0.39, 0.29) is 12.4 Å². The van der Waals surface area contributed by atoms with E-state index in [0.29, 0.717) is 6.54 Å². The van der Waals surface area contributed by atoms with Gasteiger partial charge in [-0.15, -0.1) is 12.4 Å². The fourth-order valence-electron chi connectivity index (χ4n) is 1.17. The predicted octanol–water partition coefficient (Wildman–Crippen LogP) is 3.02. The molecule has 1 rings (SSSR count). The maximum atomic E-state index is 12.2. The monoisotopic (exact) mass is 239 g/mol. The van der Waals surface area contributed by atoms with Crippen LogP contribution in [0.15, 0.2) is 24.3 Å². The van der Waals surface area contributed by atoms with Gasteiger partial charge in [0.25, 0.3) is 0 Å². The van der Waals surface area contributed by atoms with Gasteiger partial charge in [-0.25, -0.2) is 0 Å². The zero-order chi connectivity index (χ0) is 10.6. The Hall–Kier alpha value is -0.740. The van der Waals surface area contributed by atoms with Gasteiger partial charge < -0.3 is 5.73 Å². The van der Waals surface area contributed by atoms with Gasteiger partial charge in [0.1, 0.15) is 0 Å². The van der Waals surface area contributed by atoms with E-state index in [9.17, 15) is 13.2 Å². The molecule has 0 aromatic heterocycles. The van der Waals surface area contributed by atoms with Crippen molar-refractivity contribution in [2.75, 3.05) is 6.54 Å². The lowest BCUT2D eigenvalue weighted by atomic mass is 10.1. The fourth-order valence-corrected chi connectivity index (χ4v) is 1.17. The van der Waals surface area contributed by atoms with Crippen LogP contribution < -0.4 is 5.73 Å². The summed E-state index contributed by atoms with van der Waals surface area (Å²) in [6, 6.07) is 5.20. The minimum atomic E-state index is -4.24. The summed E-state index contributed by atoms with van der Waals surface area (Å²) in [7, 11) is 0. The highest BCUT2D eigenvalue weighted by Crippen LogP contribution is 2.29. The largest absolute Gasteiger partial charge is 0.416 e. The van der Waals surface area contributed by atoms with Crippen LogP contribution in [0.4, 0.5) is 13.2 Å². The molecule has 0 aliphatic heterocycles. The molecule has 0 saturated carbocycles. The van der Waals surface area contributed by atoms with Crippen molar-refractivity contribution in [1.29, 1.82) is 0 Å². The van der Waals surface area contributed by atoms with Gasteiger partial charge in [0, 0.05) is 0 Å². The average molecular weight is 240 g/mol. The van der Waals surface area contributed by atoms with Crippen molar-refractivity contribution in [2.24, 2.45) is 5.73 Å². The van der Waals surface area contributed by atoms with E-state index in [1.807, 2.05) is 0 Å². The van der Waals surface area contributed by atoms with Crippen molar-refractivity contribution in [3.63, 3.8) is 0 Å². The van der Waals surface area contributed by atoms with Crippen LogP contribution >= 0.6 is 12.4 Å². The van der Waals surface area contributed by atoms with Crippen molar-refractivity contribution < 1.29 is 13.2 Å². The molecule has 0 atom stereocenters. The maximum Gasteiger partial charge on any atom is 0.416 e. The molecule has 0 aliphatic rings. The smallest absolute Gasteiger partial charge is 0.330 e. The van der Waals surface area contributed by atoms with E-state index in [1.165, 1.54) is 12.1 Å². The average Bonchev–Trinajstić information content (AvgIpc) is 2.14. The molecule has 5 heteroatoms. The first-order chi connectivity index (χ1) is 6.54. The Morgan fingerprint density at radius 1 is 1.07 bits per heavy atom. The molecule has 0 amide bonds. The SMILES string of the molecule is Cl.NCCCc1ccc(C(F)(F)F)cc1. The number of halogens is 4. The van der Waals surface area contributed by atoms with Gasteiger partial charge in [0.05, 0.1) is 5.56 Å². The molecule has 2 N–H and O–H groups in total. The summed E-state index contributed by atoms with van der Waals surface area (Å²) >= 11 is 0. The number of alkyl halides is 3. The summed E-state index contributed by atoms with van der Waals surface area (Å²) in [6.07, 6.45) is -2.72. The molecule has 0 saturated heterocycles. The van der Waals surface area contributed by atoms with Crippen molar-refractivity contribution in [3.8, 4) is 0 Å². The van der Waals surface area contributed by atoms with E-state index in [0.717, 1.165) is 30.5 Å². The van der Waals surface area contributed by atoms with E-state index >= 15 is 0 Å². The van der Waals surface area contributed by atoms with Crippen LogP contribution in [0.3, 0.4) is 0 Å². The summed E-state index contributed by atoms with van der Waals surface area (Å²) in [5.41, 5.74) is 5.58. The quantitative estimate of drug-likeness (QED) is 0.862. The third-order valence-electron chi connectivity index (χ3n) is 1.95. The van der Waals surface area contributed by atoms with E-state index in [2.05, 4.69) is 0 Å². The molecule has 0 radical (unpaired) electrons. The lowest BCUT2D eigenvalue weighted by Gasteiger charge is -2.07. The zero-order valence-electron chi connectivity index (χ0n) is 8.05. The Bertz CT molecular complexity index is 282. The molecule has 86 valence electrons. The van der Waals surface area contributed by atoms with Crippen molar-refractivity contribution in [3.05, 3.63) is 35.4 Å². The van der Waals surface area contributed by atoms with Gasteiger partial charge in [-0.2, -0.15) is 13.2 Å². The predicted molar refractivity (Wildman–Crippen MR) is 56.1 cm³/mol. The lowest BCUT2D eigenvalue weighted by Crippen LogP contribution is -2.05. The third kappa shape index (κ3) is 4.53. The molecule has 0 bridgehead atoms. The zero-order valence-corrected chi connectivity index (χ0v) is 8.87. The molecule has 1 nitrogen and oxygen atoms in total.